The third kappa shape index (κ3) is 19.8. The molecule has 0 bridgehead atoms. The molecular weight excluding hydrogens is 300 g/mol. The van der Waals surface area contributed by atoms with Crippen molar-refractivity contribution in [2.45, 2.75) is 71.0 Å². The van der Waals surface area contributed by atoms with E-state index in [0.29, 0.717) is 6.04 Å². The summed E-state index contributed by atoms with van der Waals surface area (Å²) in [6.07, 6.45) is 7.77. The van der Waals surface area contributed by atoms with E-state index in [0.717, 1.165) is 12.3 Å². The molecule has 0 spiro atoms. The van der Waals surface area contributed by atoms with Gasteiger partial charge in [0.25, 0.3) is 0 Å². The first-order valence-electron chi connectivity index (χ1n) is 9.29. The molecule has 6 heteroatoms. The van der Waals surface area contributed by atoms with E-state index in [1.807, 2.05) is 14.1 Å². The molecule has 0 saturated carbocycles. The second-order valence-electron chi connectivity index (χ2n) is 5.85. The number of rotatable bonds is 11. The van der Waals surface area contributed by atoms with Crippen molar-refractivity contribution in [3.63, 3.8) is 0 Å². The van der Waals surface area contributed by atoms with Crippen molar-refractivity contribution in [2.24, 2.45) is 23.1 Å². The highest BCUT2D eigenvalue weighted by molar-refractivity contribution is 4.83. The Morgan fingerprint density at radius 1 is 0.833 bits per heavy atom. The maximum absolute atomic E-state index is 4.50. The van der Waals surface area contributed by atoms with Crippen molar-refractivity contribution in [3.05, 3.63) is 0 Å². The maximum Gasteiger partial charge on any atom is 0.0668 e. The van der Waals surface area contributed by atoms with Gasteiger partial charge in [-0.15, -0.1) is 0 Å². The predicted octanol–water partition coefficient (Wildman–Crippen LogP) is 1.45. The molecule has 0 radical (unpaired) electrons. The fraction of sp³-hybridized carbons (Fsp3) is 1.00. The van der Waals surface area contributed by atoms with E-state index in [1.165, 1.54) is 53.2 Å². The summed E-state index contributed by atoms with van der Waals surface area (Å²) in [6.45, 7) is 6.88. The molecule has 9 N–H and O–H groups in total. The number of hydrogen-bond acceptors (Lipinski definition) is 6. The van der Waals surface area contributed by atoms with Gasteiger partial charge < -0.3 is 33.2 Å². The lowest BCUT2D eigenvalue weighted by Gasteiger charge is -2.33. The Balaban J connectivity index is -0.000000297. The Bertz CT molecular complexity index is 198. The van der Waals surface area contributed by atoms with Crippen molar-refractivity contribution < 1.29 is 0 Å². The van der Waals surface area contributed by atoms with Crippen molar-refractivity contribution in [1.82, 2.24) is 16.0 Å². The van der Waals surface area contributed by atoms with E-state index in [1.54, 1.807) is 0 Å². The normalized spacial score (nSPS) is 12.5. The fourth-order valence-corrected chi connectivity index (χ4v) is 2.35. The van der Waals surface area contributed by atoms with Crippen LogP contribution in [0.4, 0.5) is 0 Å². The summed E-state index contributed by atoms with van der Waals surface area (Å²) in [7, 11) is 10.6. The summed E-state index contributed by atoms with van der Waals surface area (Å²) in [5.41, 5.74) is 13.5. The van der Waals surface area contributed by atoms with Crippen molar-refractivity contribution >= 4 is 0 Å². The van der Waals surface area contributed by atoms with Crippen molar-refractivity contribution in [1.29, 1.82) is 0 Å². The van der Waals surface area contributed by atoms with E-state index in [4.69, 9.17) is 0 Å². The second kappa shape index (κ2) is 25.0. The fourth-order valence-electron chi connectivity index (χ4n) is 2.35. The molecule has 0 aromatic carbocycles. The van der Waals surface area contributed by atoms with Gasteiger partial charge in [0.2, 0.25) is 0 Å². The van der Waals surface area contributed by atoms with Gasteiger partial charge >= 0.3 is 0 Å². The van der Waals surface area contributed by atoms with Crippen LogP contribution in [0.5, 0.6) is 0 Å². The molecule has 0 saturated heterocycles. The first-order valence-corrected chi connectivity index (χ1v) is 9.29. The average Bonchev–Trinajstić information content (AvgIpc) is 2.67. The highest BCUT2D eigenvalue weighted by Crippen LogP contribution is 2.18. The quantitative estimate of drug-likeness (QED) is 0.314. The molecule has 0 aliphatic carbocycles. The van der Waals surface area contributed by atoms with Crippen LogP contribution in [0.3, 0.4) is 0 Å². The van der Waals surface area contributed by atoms with Crippen LogP contribution in [0.1, 0.15) is 59.3 Å². The number of nitrogens with one attached hydrogen (secondary N) is 3. The van der Waals surface area contributed by atoms with Crippen LogP contribution in [-0.2, 0) is 0 Å². The summed E-state index contributed by atoms with van der Waals surface area (Å²) < 4.78 is 0. The van der Waals surface area contributed by atoms with E-state index in [2.05, 4.69) is 61.0 Å². The molecule has 2 unspecified atom stereocenters. The summed E-state index contributed by atoms with van der Waals surface area (Å²) >= 11 is 0. The van der Waals surface area contributed by atoms with Gasteiger partial charge in [0.15, 0.2) is 0 Å². The topological polar surface area (TPSA) is 114 Å². The number of unbranched alkanes of at least 4 members (excludes halogenated alkanes) is 1. The molecule has 0 amide bonds. The minimum absolute atomic E-state index is 0.0281. The lowest BCUT2D eigenvalue weighted by atomic mass is 9.92. The van der Waals surface area contributed by atoms with E-state index >= 15 is 0 Å². The lowest BCUT2D eigenvalue weighted by Crippen LogP contribution is -2.54. The second-order valence-corrected chi connectivity index (χ2v) is 5.85. The van der Waals surface area contributed by atoms with E-state index < -0.39 is 0 Å². The largest absolute Gasteiger partial charge is 0.333 e. The van der Waals surface area contributed by atoms with Gasteiger partial charge in [0.05, 0.1) is 5.66 Å². The predicted molar refractivity (Wildman–Crippen MR) is 112 cm³/mol. The molecule has 6 nitrogen and oxygen atoms in total. The molecular formula is C18H50N6. The van der Waals surface area contributed by atoms with Crippen molar-refractivity contribution in [3.8, 4) is 0 Å². The Morgan fingerprint density at radius 2 is 1.29 bits per heavy atom. The minimum Gasteiger partial charge on any atom is -0.333 e. The van der Waals surface area contributed by atoms with Crippen molar-refractivity contribution in [2.75, 3.05) is 42.3 Å². The Hall–Kier alpha value is -0.240. The van der Waals surface area contributed by atoms with Gasteiger partial charge in [-0.1, -0.05) is 33.1 Å². The lowest BCUT2D eigenvalue weighted by molar-refractivity contribution is 0.254. The number of hydrogen-bond donors (Lipinski definition) is 6. The highest BCUT2D eigenvalue weighted by atomic mass is 15.2. The van der Waals surface area contributed by atoms with Crippen LogP contribution < -0.4 is 33.2 Å². The summed E-state index contributed by atoms with van der Waals surface area (Å²) in [6, 6.07) is 0.582. The molecule has 0 heterocycles. The Labute approximate surface area is 153 Å². The van der Waals surface area contributed by atoms with Gasteiger partial charge in [-0.25, -0.2) is 0 Å². The monoisotopic (exact) mass is 350 g/mol. The van der Waals surface area contributed by atoms with Gasteiger partial charge in [-0.2, -0.15) is 0 Å². The SMILES string of the molecule is CCCCC(C)CCC(CC(C)(NC)NC)NC.CN.CN.CN. The zero-order valence-corrected chi connectivity index (χ0v) is 18.1. The molecule has 152 valence electrons. The molecule has 24 heavy (non-hydrogen) atoms. The smallest absolute Gasteiger partial charge is 0.0668 e. The first kappa shape index (κ1) is 31.5. The maximum atomic E-state index is 4.50. The minimum atomic E-state index is 0.0281. The molecule has 0 rings (SSSR count). The van der Waals surface area contributed by atoms with Crippen LogP contribution >= 0.6 is 0 Å². The van der Waals surface area contributed by atoms with Crippen LogP contribution in [0.2, 0.25) is 0 Å². The average molecular weight is 351 g/mol. The molecule has 0 aliphatic heterocycles. The van der Waals surface area contributed by atoms with Crippen LogP contribution in [0, 0.1) is 5.92 Å². The molecule has 0 aromatic rings. The van der Waals surface area contributed by atoms with E-state index in [-0.39, 0.29) is 5.66 Å². The van der Waals surface area contributed by atoms with Gasteiger partial charge in [-0.3, -0.25) is 0 Å². The number of nitrogens with two attached hydrogens (primary N) is 3. The van der Waals surface area contributed by atoms with E-state index in [9.17, 15) is 0 Å². The van der Waals surface area contributed by atoms with Gasteiger partial charge in [0, 0.05) is 6.04 Å². The standard InChI is InChI=1S/C15H35N3.3CH5N/c1-7-8-9-13(2)10-11-14(16-4)12-15(3,17-5)18-6;3*1-2/h13-14,16-18H,7-12H2,1-6H3;3*2H2,1H3. The van der Waals surface area contributed by atoms with Crippen LogP contribution in [0.25, 0.3) is 0 Å². The molecule has 2 atom stereocenters. The summed E-state index contributed by atoms with van der Waals surface area (Å²) in [5, 5.41) is 10.2. The van der Waals surface area contributed by atoms with Gasteiger partial charge in [-0.05, 0) is 74.4 Å². The summed E-state index contributed by atoms with van der Waals surface area (Å²) in [4.78, 5) is 0. The summed E-state index contributed by atoms with van der Waals surface area (Å²) in [5.74, 6) is 0.858. The first-order chi connectivity index (χ1) is 11.5. The molecule has 0 aromatic heterocycles. The third-order valence-electron chi connectivity index (χ3n) is 4.22. The van der Waals surface area contributed by atoms with Crippen LogP contribution in [-0.4, -0.2) is 54.0 Å². The molecule has 0 aliphatic rings. The van der Waals surface area contributed by atoms with Gasteiger partial charge in [0.1, 0.15) is 0 Å². The zero-order chi connectivity index (χ0) is 20.0. The Kier molecular flexibility index (Phi) is 32.8. The zero-order valence-electron chi connectivity index (χ0n) is 18.1. The molecule has 0 fully saturated rings. The van der Waals surface area contributed by atoms with Crippen LogP contribution in [0.15, 0.2) is 0 Å². The highest BCUT2D eigenvalue weighted by Gasteiger charge is 2.23. The third-order valence-corrected chi connectivity index (χ3v) is 4.22. The Morgan fingerprint density at radius 3 is 1.62 bits per heavy atom.